The number of hydrogen-bond acceptors (Lipinski definition) is 0. The molecule has 0 rings (SSSR count). The van der Waals surface area contributed by atoms with Crippen molar-refractivity contribution in [1.29, 1.82) is 0 Å². The molecule has 6 heavy (non-hydrogen) atoms. The lowest BCUT2D eigenvalue weighted by molar-refractivity contribution is -0.00000149. The summed E-state index contributed by atoms with van der Waals surface area (Å²) in [5, 5.41) is 0. The van der Waals surface area contributed by atoms with Crippen LogP contribution in [0.4, 0.5) is 0 Å². The van der Waals surface area contributed by atoms with Gasteiger partial charge in [-0.3, -0.25) is 0 Å². The van der Waals surface area contributed by atoms with Crippen LogP contribution in [0.1, 0.15) is 0 Å². The van der Waals surface area contributed by atoms with Crippen molar-refractivity contribution in [2.45, 2.75) is 0 Å². The molecule has 0 aromatic rings. The lowest BCUT2D eigenvalue weighted by Gasteiger charge is -1.97. The summed E-state index contributed by atoms with van der Waals surface area (Å²) in [5.41, 5.74) is 0. The first kappa shape index (κ1) is 9.61. The second-order valence-corrected chi connectivity index (χ2v) is 8.05. The lowest BCUT2D eigenvalue weighted by atomic mass is 11.8. The van der Waals surface area contributed by atoms with E-state index in [1.165, 1.54) is 0 Å². The fourth-order valence-corrected chi connectivity index (χ4v) is 0. The van der Waals surface area contributed by atoms with Gasteiger partial charge in [0.25, 0.3) is 0 Å². The van der Waals surface area contributed by atoms with Crippen LogP contribution in [0.2, 0.25) is 0 Å². The molecule has 0 nitrogen and oxygen atoms in total. The van der Waals surface area contributed by atoms with Gasteiger partial charge in [0.2, 0.25) is 0 Å². The summed E-state index contributed by atoms with van der Waals surface area (Å²) in [4.78, 5) is 0. The van der Waals surface area contributed by atoms with E-state index >= 15 is 0 Å². The highest BCUT2D eigenvalue weighted by Crippen LogP contribution is 2.40. The fraction of sp³-hybridized carbons (Fsp3) is 1.00. The normalized spacial score (nSPS) is 10.0. The molecule has 0 saturated heterocycles. The molecule has 0 saturated carbocycles. The zero-order chi connectivity index (χ0) is 4.50. The molecule has 0 aliphatic rings. The van der Waals surface area contributed by atoms with Crippen LogP contribution in [0.25, 0.3) is 0 Å². The third-order valence-electron chi connectivity index (χ3n) is 0. The van der Waals surface area contributed by atoms with Crippen molar-refractivity contribution < 1.29 is 4.70 Å². The van der Waals surface area contributed by atoms with E-state index in [4.69, 9.17) is 0 Å². The molecule has 0 fully saturated rings. The van der Waals surface area contributed by atoms with Crippen molar-refractivity contribution in [2.24, 2.45) is 0 Å². The molecule has 0 spiro atoms. The number of rotatable bonds is 0. The van der Waals surface area contributed by atoms with Gasteiger partial charge >= 0.3 is 0 Å². The van der Waals surface area contributed by atoms with E-state index in [0.717, 1.165) is 0 Å². The van der Waals surface area contributed by atoms with Crippen molar-refractivity contribution in [3.8, 4) is 0 Å². The van der Waals surface area contributed by atoms with Crippen LogP contribution in [0.3, 0.4) is 0 Å². The van der Waals surface area contributed by atoms with Crippen LogP contribution in [-0.2, 0) is 0 Å². The van der Waals surface area contributed by atoms with Crippen molar-refractivity contribution in [3.05, 3.63) is 0 Å². The fourth-order valence-electron chi connectivity index (χ4n) is 0. The molecule has 0 N–H and O–H groups in total. The second-order valence-electron chi connectivity index (χ2n) is 2.68. The van der Waals surface area contributed by atoms with E-state index in [9.17, 15) is 0 Å². The van der Waals surface area contributed by atoms with Gasteiger partial charge in [0, 0.05) is 33.9 Å². The molecule has 0 bridgehead atoms. The van der Waals surface area contributed by atoms with Crippen LogP contribution in [-0.4, -0.2) is 26.7 Å². The largest absolute Gasteiger partial charge is 1.00 e. The van der Waals surface area contributed by atoms with Gasteiger partial charge in [0.1, 0.15) is 0 Å². The molecule has 0 radical (unpaired) electrons. The highest BCUT2D eigenvalue weighted by Gasteiger charge is 2.03. The Hall–Kier alpha value is 0.360. The summed E-state index contributed by atoms with van der Waals surface area (Å²) in [5.74, 6) is 0. The van der Waals surface area contributed by atoms with Crippen LogP contribution in [0.15, 0.2) is 0 Å². The Morgan fingerprint density at radius 3 is 0.833 bits per heavy atom. The summed E-state index contributed by atoms with van der Waals surface area (Å²) in [7, 11) is -0.389. The van der Waals surface area contributed by atoms with Gasteiger partial charge in [-0.05, 0) is 0 Å². The molecule has 0 aromatic carbocycles. The highest BCUT2D eigenvalue weighted by atomic mass is 31.2. The first-order valence-electron chi connectivity index (χ1n) is 1.79. The molecular formula is C4H12FP. The predicted molar refractivity (Wildman–Crippen MR) is 30.6 cm³/mol. The molecule has 0 amide bonds. The molecule has 40 valence electrons. The van der Waals surface area contributed by atoms with Crippen LogP contribution < -0.4 is 4.70 Å². The molecule has 0 aromatic heterocycles. The smallest absolute Gasteiger partial charge is 0.0481 e. The summed E-state index contributed by atoms with van der Waals surface area (Å²) in [6, 6.07) is 0. The van der Waals surface area contributed by atoms with Crippen molar-refractivity contribution in [2.75, 3.05) is 26.7 Å². The van der Waals surface area contributed by atoms with Gasteiger partial charge in [0.15, 0.2) is 0 Å². The van der Waals surface area contributed by atoms with Gasteiger partial charge < -0.3 is 4.70 Å². The van der Waals surface area contributed by atoms with Gasteiger partial charge in [0.05, 0.1) is 0 Å². The Bertz CT molecular complexity index is 23.0. The maximum atomic E-state index is 2.30. The highest BCUT2D eigenvalue weighted by molar-refractivity contribution is 7.72. The van der Waals surface area contributed by atoms with Crippen molar-refractivity contribution >= 4 is 7.26 Å². The zero-order valence-corrected chi connectivity index (χ0v) is 5.72. The van der Waals surface area contributed by atoms with Crippen molar-refractivity contribution in [1.82, 2.24) is 0 Å². The van der Waals surface area contributed by atoms with E-state index in [2.05, 4.69) is 26.7 Å². The summed E-state index contributed by atoms with van der Waals surface area (Å²) in [6.07, 6.45) is 0. The minimum atomic E-state index is -0.389. The Labute approximate surface area is 39.6 Å². The van der Waals surface area contributed by atoms with E-state index in [-0.39, 0.29) is 12.0 Å². The van der Waals surface area contributed by atoms with E-state index < -0.39 is 0 Å². The predicted octanol–water partition coefficient (Wildman–Crippen LogP) is -1.47. The number of hydrogen-bond donors (Lipinski definition) is 0. The third kappa shape index (κ3) is 380. The molecule has 0 atom stereocenters. The summed E-state index contributed by atoms with van der Waals surface area (Å²) >= 11 is 0. The molecule has 0 unspecified atom stereocenters. The first-order chi connectivity index (χ1) is 2.00. The first-order valence-corrected chi connectivity index (χ1v) is 5.37. The Kier molecular flexibility index (Phi) is 4.04. The average Bonchev–Trinajstić information content (AvgIpc) is 0.722. The maximum Gasteiger partial charge on any atom is 0.0481 e. The Morgan fingerprint density at radius 1 is 0.833 bits per heavy atom. The lowest BCUT2D eigenvalue weighted by Crippen LogP contribution is -3.00. The molecule has 0 aliphatic carbocycles. The van der Waals surface area contributed by atoms with Gasteiger partial charge in [-0.15, -0.1) is 0 Å². The van der Waals surface area contributed by atoms with Gasteiger partial charge in [-0.2, -0.15) is 0 Å². The SMILES string of the molecule is C[P+](C)(C)C.[F-]. The third-order valence-corrected chi connectivity index (χ3v) is 0. The van der Waals surface area contributed by atoms with E-state index in [1.807, 2.05) is 0 Å². The molecular weight excluding hydrogens is 98.0 g/mol. The minimum absolute atomic E-state index is 0. The standard InChI is InChI=1S/C4H12P.FH/c1-5(2,3)4;/h1-4H3;1H/q+1;/p-1. The number of halogens is 1. The van der Waals surface area contributed by atoms with Crippen LogP contribution in [0.5, 0.6) is 0 Å². The molecule has 0 aliphatic heterocycles. The zero-order valence-electron chi connectivity index (χ0n) is 4.83. The van der Waals surface area contributed by atoms with Crippen molar-refractivity contribution in [3.63, 3.8) is 0 Å². The van der Waals surface area contributed by atoms with E-state index in [0.29, 0.717) is 0 Å². The molecule has 2 heteroatoms. The Morgan fingerprint density at radius 2 is 0.833 bits per heavy atom. The summed E-state index contributed by atoms with van der Waals surface area (Å²) in [6.45, 7) is 9.19. The van der Waals surface area contributed by atoms with Gasteiger partial charge in [-0.1, -0.05) is 0 Å². The average molecular weight is 110 g/mol. The Balaban J connectivity index is 0. The molecule has 0 heterocycles. The topological polar surface area (TPSA) is 0 Å². The minimum Gasteiger partial charge on any atom is -1.00 e. The second kappa shape index (κ2) is 2.52. The van der Waals surface area contributed by atoms with Gasteiger partial charge in [-0.25, -0.2) is 0 Å². The van der Waals surface area contributed by atoms with Crippen LogP contribution in [0, 0.1) is 0 Å². The quantitative estimate of drug-likeness (QED) is 0.334. The van der Waals surface area contributed by atoms with E-state index in [1.54, 1.807) is 0 Å². The monoisotopic (exact) mass is 110 g/mol. The van der Waals surface area contributed by atoms with Crippen LogP contribution >= 0.6 is 7.26 Å². The maximum absolute atomic E-state index is 2.30. The summed E-state index contributed by atoms with van der Waals surface area (Å²) < 4.78 is 0.